The van der Waals surface area contributed by atoms with E-state index in [2.05, 4.69) is 12.2 Å². The first-order chi connectivity index (χ1) is 9.76. The summed E-state index contributed by atoms with van der Waals surface area (Å²) in [5, 5.41) is 30.4. The van der Waals surface area contributed by atoms with Crippen molar-refractivity contribution in [3.05, 3.63) is 0 Å². The molecular formula is C16H35NO3. The van der Waals surface area contributed by atoms with Gasteiger partial charge in [-0.3, -0.25) is 0 Å². The number of hydrogen-bond donors (Lipinski definition) is 4. The summed E-state index contributed by atoms with van der Waals surface area (Å²) in [6, 6.07) is -0.404. The van der Waals surface area contributed by atoms with Crippen LogP contribution in [0.25, 0.3) is 0 Å². The lowest BCUT2D eigenvalue weighted by Crippen LogP contribution is -2.44. The lowest BCUT2D eigenvalue weighted by molar-refractivity contribution is 0.0416. The fourth-order valence-electron chi connectivity index (χ4n) is 2.35. The third-order valence-corrected chi connectivity index (χ3v) is 3.79. The van der Waals surface area contributed by atoms with Gasteiger partial charge >= 0.3 is 0 Å². The first-order valence-electron chi connectivity index (χ1n) is 8.39. The van der Waals surface area contributed by atoms with Gasteiger partial charge < -0.3 is 20.6 Å². The molecule has 2 atom stereocenters. The Balaban J connectivity index is 3.23. The molecule has 4 N–H and O–H groups in total. The molecule has 0 fully saturated rings. The van der Waals surface area contributed by atoms with E-state index in [1.807, 2.05) is 0 Å². The van der Waals surface area contributed by atoms with Crippen molar-refractivity contribution in [3.63, 3.8) is 0 Å². The highest BCUT2D eigenvalue weighted by atomic mass is 16.3. The molecule has 0 aliphatic rings. The van der Waals surface area contributed by atoms with Gasteiger partial charge in [-0.2, -0.15) is 0 Å². The lowest BCUT2D eigenvalue weighted by Gasteiger charge is -2.20. The topological polar surface area (TPSA) is 72.7 Å². The molecule has 4 heteroatoms. The molecule has 0 heterocycles. The van der Waals surface area contributed by atoms with E-state index in [0.717, 1.165) is 13.0 Å². The summed E-state index contributed by atoms with van der Waals surface area (Å²) in [6.07, 6.45) is 12.1. The van der Waals surface area contributed by atoms with Crippen LogP contribution >= 0.6 is 0 Å². The molecule has 0 aliphatic heterocycles. The second kappa shape index (κ2) is 15.2. The minimum Gasteiger partial charge on any atom is -0.395 e. The van der Waals surface area contributed by atoms with Crippen LogP contribution in [-0.2, 0) is 0 Å². The molecule has 0 amide bonds. The third-order valence-electron chi connectivity index (χ3n) is 3.79. The number of rotatable bonds is 15. The van der Waals surface area contributed by atoms with Crippen molar-refractivity contribution in [2.24, 2.45) is 0 Å². The molecule has 0 aromatic heterocycles. The van der Waals surface area contributed by atoms with Crippen molar-refractivity contribution < 1.29 is 15.3 Å². The number of aliphatic hydroxyl groups excluding tert-OH is 3. The van der Waals surface area contributed by atoms with Gasteiger partial charge in [0, 0.05) is 0 Å². The van der Waals surface area contributed by atoms with Crippen molar-refractivity contribution in [1.82, 2.24) is 5.32 Å². The summed E-state index contributed by atoms with van der Waals surface area (Å²) in [4.78, 5) is 0. The second-order valence-corrected chi connectivity index (χ2v) is 5.68. The SMILES string of the molecule is CCCCCCCCCCCCNC(CO)C(O)CO. The van der Waals surface area contributed by atoms with E-state index in [-0.39, 0.29) is 13.2 Å². The van der Waals surface area contributed by atoms with Gasteiger partial charge in [-0.1, -0.05) is 64.7 Å². The fourth-order valence-corrected chi connectivity index (χ4v) is 2.35. The normalized spacial score (nSPS) is 14.4. The van der Waals surface area contributed by atoms with E-state index in [1.165, 1.54) is 57.8 Å². The lowest BCUT2D eigenvalue weighted by atomic mass is 10.1. The summed E-state index contributed by atoms with van der Waals surface area (Å²) >= 11 is 0. The first kappa shape index (κ1) is 19.8. The average molecular weight is 289 g/mol. The van der Waals surface area contributed by atoms with E-state index < -0.39 is 12.1 Å². The van der Waals surface area contributed by atoms with Gasteiger partial charge in [-0.05, 0) is 13.0 Å². The maximum Gasteiger partial charge on any atom is 0.0945 e. The molecule has 0 bridgehead atoms. The van der Waals surface area contributed by atoms with Crippen LogP contribution in [0.5, 0.6) is 0 Å². The van der Waals surface area contributed by atoms with Crippen LogP contribution in [0.1, 0.15) is 71.1 Å². The van der Waals surface area contributed by atoms with Crippen LogP contribution in [-0.4, -0.2) is 47.2 Å². The zero-order chi connectivity index (χ0) is 15.1. The largest absolute Gasteiger partial charge is 0.395 e. The molecule has 2 unspecified atom stereocenters. The first-order valence-corrected chi connectivity index (χ1v) is 8.39. The Morgan fingerprint density at radius 1 is 0.750 bits per heavy atom. The highest BCUT2D eigenvalue weighted by molar-refractivity contribution is 4.73. The molecule has 0 rings (SSSR count). The van der Waals surface area contributed by atoms with Crippen LogP contribution < -0.4 is 5.32 Å². The Bertz CT molecular complexity index is 191. The quantitative estimate of drug-likeness (QED) is 0.349. The maximum atomic E-state index is 9.41. The summed E-state index contributed by atoms with van der Waals surface area (Å²) < 4.78 is 0. The Morgan fingerprint density at radius 3 is 1.70 bits per heavy atom. The van der Waals surface area contributed by atoms with Crippen molar-refractivity contribution in [2.45, 2.75) is 83.3 Å². The third kappa shape index (κ3) is 11.6. The number of unbranched alkanes of at least 4 members (excludes halogenated alkanes) is 9. The molecule has 4 nitrogen and oxygen atoms in total. The maximum absolute atomic E-state index is 9.41. The van der Waals surface area contributed by atoms with E-state index in [9.17, 15) is 5.11 Å². The number of nitrogens with one attached hydrogen (secondary N) is 1. The summed E-state index contributed by atoms with van der Waals surface area (Å²) in [6.45, 7) is 2.59. The molecule has 122 valence electrons. The van der Waals surface area contributed by atoms with E-state index in [4.69, 9.17) is 10.2 Å². The molecule has 0 saturated heterocycles. The standard InChI is InChI=1S/C16H35NO3/c1-2-3-4-5-6-7-8-9-10-11-12-17-15(13-18)16(20)14-19/h15-20H,2-14H2,1H3. The van der Waals surface area contributed by atoms with E-state index in [1.54, 1.807) is 0 Å². The van der Waals surface area contributed by atoms with Gasteiger partial charge in [0.05, 0.1) is 25.4 Å². The van der Waals surface area contributed by atoms with Crippen LogP contribution in [0, 0.1) is 0 Å². The minimum atomic E-state index is -0.872. The molecular weight excluding hydrogens is 254 g/mol. The van der Waals surface area contributed by atoms with Crippen molar-refractivity contribution in [3.8, 4) is 0 Å². The molecule has 20 heavy (non-hydrogen) atoms. The van der Waals surface area contributed by atoms with Crippen molar-refractivity contribution in [2.75, 3.05) is 19.8 Å². The monoisotopic (exact) mass is 289 g/mol. The zero-order valence-electron chi connectivity index (χ0n) is 13.2. The van der Waals surface area contributed by atoms with Gasteiger partial charge in [-0.25, -0.2) is 0 Å². The molecule has 0 aromatic rings. The van der Waals surface area contributed by atoms with Crippen LogP contribution in [0.3, 0.4) is 0 Å². The molecule has 0 radical (unpaired) electrons. The smallest absolute Gasteiger partial charge is 0.0945 e. The highest BCUT2D eigenvalue weighted by Crippen LogP contribution is 2.10. The Hall–Kier alpha value is -0.160. The van der Waals surface area contributed by atoms with E-state index >= 15 is 0 Å². The van der Waals surface area contributed by atoms with Gasteiger partial charge in [-0.15, -0.1) is 0 Å². The Morgan fingerprint density at radius 2 is 1.25 bits per heavy atom. The van der Waals surface area contributed by atoms with Gasteiger partial charge in [0.15, 0.2) is 0 Å². The van der Waals surface area contributed by atoms with Gasteiger partial charge in [0.1, 0.15) is 0 Å². The van der Waals surface area contributed by atoms with Crippen LogP contribution in [0.2, 0.25) is 0 Å². The zero-order valence-corrected chi connectivity index (χ0v) is 13.2. The predicted octanol–water partition coefficient (Wildman–Crippen LogP) is 2.21. The highest BCUT2D eigenvalue weighted by Gasteiger charge is 2.15. The molecule has 0 aliphatic carbocycles. The van der Waals surface area contributed by atoms with Crippen molar-refractivity contribution in [1.29, 1.82) is 0 Å². The Kier molecular flexibility index (Phi) is 15.1. The van der Waals surface area contributed by atoms with E-state index in [0.29, 0.717) is 0 Å². The predicted molar refractivity (Wildman–Crippen MR) is 83.8 cm³/mol. The van der Waals surface area contributed by atoms with Gasteiger partial charge in [0.2, 0.25) is 0 Å². The minimum absolute atomic E-state index is 0.139. The Labute approximate surface area is 124 Å². The number of hydrogen-bond acceptors (Lipinski definition) is 4. The molecule has 0 saturated carbocycles. The molecule has 0 aromatic carbocycles. The van der Waals surface area contributed by atoms with Crippen LogP contribution in [0.15, 0.2) is 0 Å². The van der Waals surface area contributed by atoms with Crippen molar-refractivity contribution >= 4 is 0 Å². The average Bonchev–Trinajstić information content (AvgIpc) is 2.48. The summed E-state index contributed by atoms with van der Waals surface area (Å²) in [7, 11) is 0. The fraction of sp³-hybridized carbons (Fsp3) is 1.00. The van der Waals surface area contributed by atoms with Gasteiger partial charge in [0.25, 0.3) is 0 Å². The number of aliphatic hydroxyl groups is 3. The molecule has 0 spiro atoms. The summed E-state index contributed by atoms with van der Waals surface area (Å²) in [5.41, 5.74) is 0. The van der Waals surface area contributed by atoms with Crippen LogP contribution in [0.4, 0.5) is 0 Å². The summed E-state index contributed by atoms with van der Waals surface area (Å²) in [5.74, 6) is 0. The second-order valence-electron chi connectivity index (χ2n) is 5.68.